The fourth-order valence-corrected chi connectivity index (χ4v) is 0.975. The Morgan fingerprint density at radius 3 is 2.54 bits per heavy atom. The predicted octanol–water partition coefficient (Wildman–Crippen LogP) is 2.85. The summed E-state index contributed by atoms with van der Waals surface area (Å²) < 4.78 is 4.57. The number of ether oxygens (including phenoxy) is 1. The normalized spacial score (nSPS) is 12.1. The quantitative estimate of drug-likeness (QED) is 0.482. The van der Waals surface area contributed by atoms with E-state index in [1.807, 2.05) is 19.1 Å². The highest BCUT2D eigenvalue weighted by atomic mass is 16.5. The number of hydrogen-bond donors (Lipinski definition) is 0. The van der Waals surface area contributed by atoms with Crippen LogP contribution in [0.25, 0.3) is 0 Å². The summed E-state index contributed by atoms with van der Waals surface area (Å²) >= 11 is 0. The van der Waals surface area contributed by atoms with Crippen LogP contribution in [0, 0.1) is 0 Å². The molecule has 0 fully saturated rings. The molecule has 0 rings (SSSR count). The molecule has 0 aliphatic carbocycles. The van der Waals surface area contributed by atoms with Crippen molar-refractivity contribution in [1.82, 2.24) is 0 Å². The molecule has 0 radical (unpaired) electrons. The average molecular weight is 182 g/mol. The van der Waals surface area contributed by atoms with E-state index >= 15 is 0 Å². The second kappa shape index (κ2) is 7.59. The SMILES string of the molecule is C/C=C\C=C(/CC)CCC(=O)OC. The summed E-state index contributed by atoms with van der Waals surface area (Å²) in [6.07, 6.45) is 8.30. The van der Waals surface area contributed by atoms with E-state index in [0.717, 1.165) is 12.8 Å². The smallest absolute Gasteiger partial charge is 0.305 e. The third-order valence-electron chi connectivity index (χ3n) is 1.86. The minimum Gasteiger partial charge on any atom is -0.469 e. The first kappa shape index (κ1) is 11.9. The highest BCUT2D eigenvalue weighted by Gasteiger charge is 2.01. The lowest BCUT2D eigenvalue weighted by Gasteiger charge is -2.01. The number of esters is 1. The zero-order valence-corrected chi connectivity index (χ0v) is 8.67. The largest absolute Gasteiger partial charge is 0.469 e. The van der Waals surface area contributed by atoms with Gasteiger partial charge in [-0.1, -0.05) is 30.7 Å². The second-order valence-corrected chi connectivity index (χ2v) is 2.78. The van der Waals surface area contributed by atoms with Gasteiger partial charge in [-0.15, -0.1) is 0 Å². The van der Waals surface area contributed by atoms with E-state index in [0.29, 0.717) is 6.42 Å². The molecule has 0 N–H and O–H groups in total. The second-order valence-electron chi connectivity index (χ2n) is 2.78. The van der Waals surface area contributed by atoms with E-state index in [1.54, 1.807) is 0 Å². The van der Waals surface area contributed by atoms with Crippen LogP contribution in [0.5, 0.6) is 0 Å². The first-order valence-corrected chi connectivity index (χ1v) is 4.62. The summed E-state index contributed by atoms with van der Waals surface area (Å²) in [5.74, 6) is -0.139. The molecule has 0 spiro atoms. The number of hydrogen-bond acceptors (Lipinski definition) is 2. The van der Waals surface area contributed by atoms with Crippen LogP contribution in [-0.2, 0) is 9.53 Å². The Labute approximate surface area is 80.3 Å². The van der Waals surface area contributed by atoms with Crippen molar-refractivity contribution in [3.8, 4) is 0 Å². The Morgan fingerprint density at radius 2 is 2.08 bits per heavy atom. The maximum atomic E-state index is 10.8. The molecule has 0 amide bonds. The lowest BCUT2D eigenvalue weighted by molar-refractivity contribution is -0.140. The number of carbonyl (C=O) groups excluding carboxylic acids is 1. The van der Waals surface area contributed by atoms with Crippen LogP contribution >= 0.6 is 0 Å². The maximum Gasteiger partial charge on any atom is 0.305 e. The van der Waals surface area contributed by atoms with Crippen molar-refractivity contribution < 1.29 is 9.53 Å². The van der Waals surface area contributed by atoms with E-state index < -0.39 is 0 Å². The Bertz CT molecular complexity index is 202. The van der Waals surface area contributed by atoms with Crippen LogP contribution < -0.4 is 0 Å². The summed E-state index contributed by atoms with van der Waals surface area (Å²) in [5, 5.41) is 0. The van der Waals surface area contributed by atoms with E-state index in [1.165, 1.54) is 12.7 Å². The molecule has 0 aromatic rings. The van der Waals surface area contributed by atoms with Crippen LogP contribution in [0.4, 0.5) is 0 Å². The molecule has 2 heteroatoms. The monoisotopic (exact) mass is 182 g/mol. The van der Waals surface area contributed by atoms with Crippen LogP contribution in [0.15, 0.2) is 23.8 Å². The van der Waals surface area contributed by atoms with Crippen molar-refractivity contribution in [1.29, 1.82) is 0 Å². The van der Waals surface area contributed by atoms with Gasteiger partial charge in [0.25, 0.3) is 0 Å². The van der Waals surface area contributed by atoms with Crippen LogP contribution in [0.3, 0.4) is 0 Å². The molecule has 0 atom stereocenters. The number of methoxy groups -OCH3 is 1. The minimum atomic E-state index is -0.139. The fourth-order valence-electron chi connectivity index (χ4n) is 0.975. The van der Waals surface area contributed by atoms with Crippen molar-refractivity contribution in [3.05, 3.63) is 23.8 Å². The maximum absolute atomic E-state index is 10.8. The van der Waals surface area contributed by atoms with Gasteiger partial charge < -0.3 is 4.74 Å². The molecular weight excluding hydrogens is 164 g/mol. The highest BCUT2D eigenvalue weighted by molar-refractivity contribution is 5.69. The molecule has 0 aromatic heterocycles. The zero-order valence-electron chi connectivity index (χ0n) is 8.67. The zero-order chi connectivity index (χ0) is 10.1. The Hall–Kier alpha value is -1.05. The van der Waals surface area contributed by atoms with Crippen LogP contribution in [0.1, 0.15) is 33.1 Å². The molecule has 74 valence electrons. The summed E-state index contributed by atoms with van der Waals surface area (Å²) in [6.45, 7) is 4.07. The third kappa shape index (κ3) is 6.14. The van der Waals surface area contributed by atoms with E-state index in [4.69, 9.17) is 0 Å². The van der Waals surface area contributed by atoms with Gasteiger partial charge in [0.15, 0.2) is 0 Å². The summed E-state index contributed by atoms with van der Waals surface area (Å²) in [7, 11) is 1.42. The van der Waals surface area contributed by atoms with Gasteiger partial charge in [0, 0.05) is 6.42 Å². The fraction of sp³-hybridized carbons (Fsp3) is 0.545. The average Bonchev–Trinajstić information content (AvgIpc) is 2.17. The number of carbonyl (C=O) groups is 1. The highest BCUT2D eigenvalue weighted by Crippen LogP contribution is 2.09. The van der Waals surface area contributed by atoms with Gasteiger partial charge >= 0.3 is 5.97 Å². The van der Waals surface area contributed by atoms with Crippen molar-refractivity contribution >= 4 is 5.97 Å². The molecular formula is C11H18O2. The molecule has 0 aliphatic heterocycles. The summed E-state index contributed by atoms with van der Waals surface area (Å²) in [5.41, 5.74) is 1.28. The number of allylic oxidation sites excluding steroid dienone is 4. The Kier molecular flexibility index (Phi) is 6.98. The first-order chi connectivity index (χ1) is 6.24. The molecule has 0 aliphatic rings. The molecule has 0 aromatic carbocycles. The van der Waals surface area contributed by atoms with Gasteiger partial charge in [-0.3, -0.25) is 4.79 Å². The lowest BCUT2D eigenvalue weighted by atomic mass is 10.1. The Balaban J connectivity index is 3.92. The van der Waals surface area contributed by atoms with Crippen molar-refractivity contribution in [2.75, 3.05) is 7.11 Å². The van der Waals surface area contributed by atoms with Gasteiger partial charge in [-0.25, -0.2) is 0 Å². The van der Waals surface area contributed by atoms with Gasteiger partial charge in [-0.2, -0.15) is 0 Å². The van der Waals surface area contributed by atoms with Crippen LogP contribution in [0.2, 0.25) is 0 Å². The summed E-state index contributed by atoms with van der Waals surface area (Å²) in [4.78, 5) is 10.8. The van der Waals surface area contributed by atoms with Crippen LogP contribution in [-0.4, -0.2) is 13.1 Å². The van der Waals surface area contributed by atoms with Gasteiger partial charge in [-0.05, 0) is 19.8 Å². The van der Waals surface area contributed by atoms with E-state index in [9.17, 15) is 4.79 Å². The van der Waals surface area contributed by atoms with Gasteiger partial charge in [0.2, 0.25) is 0 Å². The predicted molar refractivity (Wildman–Crippen MR) is 54.4 cm³/mol. The number of rotatable bonds is 5. The molecule has 0 unspecified atom stereocenters. The molecule has 13 heavy (non-hydrogen) atoms. The topological polar surface area (TPSA) is 26.3 Å². The van der Waals surface area contributed by atoms with Crippen molar-refractivity contribution in [3.63, 3.8) is 0 Å². The first-order valence-electron chi connectivity index (χ1n) is 4.62. The molecule has 0 heterocycles. The van der Waals surface area contributed by atoms with E-state index in [2.05, 4.69) is 17.7 Å². The third-order valence-corrected chi connectivity index (χ3v) is 1.86. The molecule has 0 bridgehead atoms. The van der Waals surface area contributed by atoms with Gasteiger partial charge in [0.05, 0.1) is 7.11 Å². The molecule has 0 saturated heterocycles. The summed E-state index contributed by atoms with van der Waals surface area (Å²) in [6, 6.07) is 0. The van der Waals surface area contributed by atoms with Crippen molar-refractivity contribution in [2.24, 2.45) is 0 Å². The molecule has 2 nitrogen and oxygen atoms in total. The van der Waals surface area contributed by atoms with Gasteiger partial charge in [0.1, 0.15) is 0 Å². The van der Waals surface area contributed by atoms with Crippen molar-refractivity contribution in [2.45, 2.75) is 33.1 Å². The standard InChI is InChI=1S/C11H18O2/c1-4-6-7-10(5-2)8-9-11(12)13-3/h4,6-7H,5,8-9H2,1-3H3/b6-4-,10-7+. The lowest BCUT2D eigenvalue weighted by Crippen LogP contribution is -2.00. The Morgan fingerprint density at radius 1 is 1.38 bits per heavy atom. The minimum absolute atomic E-state index is 0.139. The molecule has 0 saturated carbocycles. The van der Waals surface area contributed by atoms with E-state index in [-0.39, 0.29) is 5.97 Å².